The maximum atomic E-state index is 13.5. The summed E-state index contributed by atoms with van der Waals surface area (Å²) < 4.78 is 10.6. The Kier molecular flexibility index (Phi) is 8.28. The highest BCUT2D eigenvalue weighted by molar-refractivity contribution is 6.33. The van der Waals surface area contributed by atoms with E-state index in [1.165, 1.54) is 7.11 Å². The number of hydrogen-bond donors (Lipinski definition) is 1. The second-order valence-corrected chi connectivity index (χ2v) is 9.06. The van der Waals surface area contributed by atoms with Crippen LogP contribution in [0.1, 0.15) is 31.0 Å². The minimum Gasteiger partial charge on any atom is -0.484 e. The van der Waals surface area contributed by atoms with Crippen molar-refractivity contribution in [2.24, 2.45) is 0 Å². The Morgan fingerprint density at radius 2 is 1.66 bits per heavy atom. The molecule has 2 amide bonds. The lowest BCUT2D eigenvalue weighted by Crippen LogP contribution is -2.28. The van der Waals surface area contributed by atoms with Crippen LogP contribution >= 0.6 is 11.6 Å². The second-order valence-electron chi connectivity index (χ2n) is 8.66. The maximum absolute atomic E-state index is 13.5. The average molecular weight is 531 g/mol. The Balaban J connectivity index is 1.50. The molecular weight excluding hydrogens is 504 g/mol. The molecule has 8 heteroatoms. The van der Waals surface area contributed by atoms with Gasteiger partial charge in [-0.1, -0.05) is 66.2 Å². The number of halogens is 1. The molecule has 0 bridgehead atoms. The largest absolute Gasteiger partial charge is 0.484 e. The first kappa shape index (κ1) is 26.7. The van der Waals surface area contributed by atoms with E-state index in [1.54, 1.807) is 66.4 Å². The molecular formula is C30H27ClN2O5. The Bertz CT molecular complexity index is 1410. The van der Waals surface area contributed by atoms with E-state index < -0.39 is 5.97 Å². The number of carbonyl (C=O) groups excluding carboxylic acids is 3. The third kappa shape index (κ3) is 5.79. The fraction of sp³-hybridized carbons (Fsp3) is 0.167. The predicted octanol–water partition coefficient (Wildman–Crippen LogP) is 5.79. The molecule has 0 unspecified atom stereocenters. The van der Waals surface area contributed by atoms with Crippen molar-refractivity contribution in [2.75, 3.05) is 19.0 Å². The summed E-state index contributed by atoms with van der Waals surface area (Å²) in [5, 5.41) is 3.14. The van der Waals surface area contributed by atoms with Crippen molar-refractivity contribution in [1.29, 1.82) is 0 Å². The molecule has 38 heavy (non-hydrogen) atoms. The van der Waals surface area contributed by atoms with Crippen molar-refractivity contribution in [3.05, 3.63) is 112 Å². The molecule has 7 nitrogen and oxygen atoms in total. The molecule has 4 rings (SSSR count). The predicted molar refractivity (Wildman–Crippen MR) is 146 cm³/mol. The third-order valence-corrected chi connectivity index (χ3v) is 6.54. The summed E-state index contributed by atoms with van der Waals surface area (Å²) in [4.78, 5) is 40.0. The topological polar surface area (TPSA) is 84.9 Å². The number of rotatable bonds is 8. The monoisotopic (exact) mass is 530 g/mol. The van der Waals surface area contributed by atoms with Crippen LogP contribution in [0.15, 0.2) is 95.7 Å². The molecule has 1 aliphatic heterocycles. The third-order valence-electron chi connectivity index (χ3n) is 6.21. The van der Waals surface area contributed by atoms with Crippen molar-refractivity contribution in [2.45, 2.75) is 19.9 Å². The normalized spacial score (nSPS) is 15.0. The number of methoxy groups -OCH3 is 1. The molecule has 1 atom stereocenters. The number of amides is 2. The van der Waals surface area contributed by atoms with Gasteiger partial charge in [-0.15, -0.1) is 0 Å². The summed E-state index contributed by atoms with van der Waals surface area (Å²) in [5.74, 6) is -0.736. The number of hydrogen-bond acceptors (Lipinski definition) is 5. The molecule has 0 saturated heterocycles. The molecule has 0 aromatic heterocycles. The number of esters is 1. The van der Waals surface area contributed by atoms with Crippen molar-refractivity contribution >= 4 is 41.1 Å². The Labute approximate surface area is 226 Å². The highest BCUT2D eigenvalue weighted by atomic mass is 35.5. The van der Waals surface area contributed by atoms with E-state index in [-0.39, 0.29) is 35.6 Å². The quantitative estimate of drug-likeness (QED) is 0.294. The van der Waals surface area contributed by atoms with E-state index in [9.17, 15) is 14.4 Å². The maximum Gasteiger partial charge on any atom is 0.340 e. The van der Waals surface area contributed by atoms with Crippen LogP contribution in [-0.2, 0) is 19.1 Å². The first-order valence-corrected chi connectivity index (χ1v) is 12.3. The van der Waals surface area contributed by atoms with Crippen molar-refractivity contribution < 1.29 is 23.9 Å². The average Bonchev–Trinajstić information content (AvgIpc) is 3.17. The van der Waals surface area contributed by atoms with Gasteiger partial charge in [0.1, 0.15) is 5.75 Å². The summed E-state index contributed by atoms with van der Waals surface area (Å²) in [6, 6.07) is 23.1. The molecule has 1 heterocycles. The van der Waals surface area contributed by atoms with Crippen molar-refractivity contribution in [3.8, 4) is 5.75 Å². The number of carbonyl (C=O) groups is 3. The van der Waals surface area contributed by atoms with Crippen LogP contribution in [0.2, 0.25) is 5.02 Å². The van der Waals surface area contributed by atoms with Gasteiger partial charge in [0.15, 0.2) is 6.61 Å². The van der Waals surface area contributed by atoms with Crippen molar-refractivity contribution in [3.63, 3.8) is 0 Å². The molecule has 1 N–H and O–H groups in total. The Morgan fingerprint density at radius 3 is 2.32 bits per heavy atom. The van der Waals surface area contributed by atoms with E-state index in [4.69, 9.17) is 21.1 Å². The summed E-state index contributed by atoms with van der Waals surface area (Å²) >= 11 is 6.07. The van der Waals surface area contributed by atoms with Gasteiger partial charge in [-0.25, -0.2) is 4.79 Å². The van der Waals surface area contributed by atoms with Gasteiger partial charge in [0.2, 0.25) is 0 Å². The number of para-hydroxylation sites is 1. The lowest BCUT2D eigenvalue weighted by Gasteiger charge is -2.26. The summed E-state index contributed by atoms with van der Waals surface area (Å²) in [6.45, 7) is 3.46. The fourth-order valence-corrected chi connectivity index (χ4v) is 4.45. The van der Waals surface area contributed by atoms with Gasteiger partial charge in [-0.2, -0.15) is 0 Å². The molecule has 0 spiro atoms. The lowest BCUT2D eigenvalue weighted by atomic mass is 10.0. The summed E-state index contributed by atoms with van der Waals surface area (Å²) in [5.41, 5.74) is 3.16. The first-order chi connectivity index (χ1) is 18.3. The standard InChI is InChI=1S/C30H27ClN2O5/c1-19(22-9-5-4-6-10-22)33-20(2)28(30(36)37-3)24(29(33)35)17-21-13-15-23(16-14-21)38-18-27(34)32-26-12-8-7-11-25(26)31/h4-17,19H,18H2,1-3H3,(H,32,34)/b24-17-/t19-/m0/s1. The van der Waals surface area contributed by atoms with Crippen LogP contribution in [0.3, 0.4) is 0 Å². The molecule has 3 aromatic rings. The molecule has 0 fully saturated rings. The van der Waals surface area contributed by atoms with Crippen LogP contribution in [0.5, 0.6) is 5.75 Å². The number of nitrogens with zero attached hydrogens (tertiary/aromatic N) is 1. The van der Waals surface area contributed by atoms with Crippen LogP contribution < -0.4 is 10.1 Å². The molecule has 3 aromatic carbocycles. The molecule has 194 valence electrons. The second kappa shape index (κ2) is 11.8. The molecule has 0 saturated carbocycles. The smallest absolute Gasteiger partial charge is 0.340 e. The molecule has 0 aliphatic carbocycles. The van der Waals surface area contributed by atoms with Crippen LogP contribution in [-0.4, -0.2) is 36.4 Å². The van der Waals surface area contributed by atoms with Gasteiger partial charge >= 0.3 is 5.97 Å². The van der Waals surface area contributed by atoms with Gasteiger partial charge in [-0.05, 0) is 55.3 Å². The number of allylic oxidation sites excluding steroid dienone is 1. The van der Waals surface area contributed by atoms with E-state index in [0.29, 0.717) is 27.7 Å². The Morgan fingerprint density at radius 1 is 1.00 bits per heavy atom. The molecule has 1 aliphatic rings. The van der Waals surface area contributed by atoms with Gasteiger partial charge in [0, 0.05) is 5.70 Å². The zero-order chi connectivity index (χ0) is 27.2. The first-order valence-electron chi connectivity index (χ1n) is 12.0. The minimum absolute atomic E-state index is 0.203. The minimum atomic E-state index is -0.575. The van der Waals surface area contributed by atoms with Crippen molar-refractivity contribution in [1.82, 2.24) is 4.90 Å². The van der Waals surface area contributed by atoms with Gasteiger partial charge < -0.3 is 19.7 Å². The highest BCUT2D eigenvalue weighted by Gasteiger charge is 2.39. The van der Waals surface area contributed by atoms with E-state index >= 15 is 0 Å². The number of anilines is 1. The van der Waals surface area contributed by atoms with Gasteiger partial charge in [-0.3, -0.25) is 9.59 Å². The zero-order valence-corrected chi connectivity index (χ0v) is 22.0. The van der Waals surface area contributed by atoms with Crippen LogP contribution in [0.4, 0.5) is 5.69 Å². The number of nitrogens with one attached hydrogen (secondary N) is 1. The number of ether oxygens (including phenoxy) is 2. The van der Waals surface area contributed by atoms with Gasteiger partial charge in [0.25, 0.3) is 11.8 Å². The lowest BCUT2D eigenvalue weighted by molar-refractivity contribution is -0.136. The number of benzene rings is 3. The zero-order valence-electron chi connectivity index (χ0n) is 21.2. The van der Waals surface area contributed by atoms with E-state index in [0.717, 1.165) is 5.56 Å². The molecule has 0 radical (unpaired) electrons. The van der Waals surface area contributed by atoms with E-state index in [1.807, 2.05) is 37.3 Å². The Hall–Kier alpha value is -4.36. The summed E-state index contributed by atoms with van der Waals surface area (Å²) in [7, 11) is 1.29. The van der Waals surface area contributed by atoms with Crippen LogP contribution in [0, 0.1) is 0 Å². The van der Waals surface area contributed by atoms with E-state index in [2.05, 4.69) is 5.32 Å². The highest BCUT2D eigenvalue weighted by Crippen LogP contribution is 2.37. The SMILES string of the molecule is COC(=O)C1=C(C)N([C@@H](C)c2ccccc2)C(=O)/C1=C\c1ccc(OCC(=O)Nc2ccccc2Cl)cc1. The van der Waals surface area contributed by atoms with Crippen LogP contribution in [0.25, 0.3) is 6.08 Å². The fourth-order valence-electron chi connectivity index (χ4n) is 4.27. The van der Waals surface area contributed by atoms with Gasteiger partial charge in [0.05, 0.1) is 35.0 Å². The summed E-state index contributed by atoms with van der Waals surface area (Å²) in [6.07, 6.45) is 1.66.